The molecule has 1 nitrogen and oxygen atoms in total. The number of halogens is 3. The van der Waals surface area contributed by atoms with Crippen molar-refractivity contribution >= 4 is 11.8 Å². The van der Waals surface area contributed by atoms with Gasteiger partial charge in [-0.05, 0) is 61.1 Å². The first-order valence-electron chi connectivity index (χ1n) is 6.36. The molecule has 1 N–H and O–H groups in total. The van der Waals surface area contributed by atoms with Crippen LogP contribution in [-0.4, -0.2) is 18.6 Å². The van der Waals surface area contributed by atoms with E-state index in [4.69, 9.17) is 0 Å². The molecule has 0 amide bonds. The fourth-order valence-electron chi connectivity index (χ4n) is 2.66. The largest absolute Gasteiger partial charge is 0.416 e. The topological polar surface area (TPSA) is 12.0 Å². The Balaban J connectivity index is 2.28. The van der Waals surface area contributed by atoms with E-state index in [1.54, 1.807) is 13.0 Å². The van der Waals surface area contributed by atoms with E-state index in [0.717, 1.165) is 23.5 Å². The Morgan fingerprint density at radius 1 is 1.37 bits per heavy atom. The van der Waals surface area contributed by atoms with E-state index in [9.17, 15) is 13.2 Å². The molecular weight excluding hydrogens is 271 g/mol. The zero-order valence-electron chi connectivity index (χ0n) is 11.1. The average Bonchev–Trinajstić information content (AvgIpc) is 2.84. The van der Waals surface area contributed by atoms with E-state index in [0.29, 0.717) is 11.5 Å². The standard InChI is InChI=1S/C14H18F3NS/c1-9-7-11(14(15,16)17)3-4-12(9)13(18-2)10-5-6-19-8-10/h3-4,7,10,13,18H,5-6,8H2,1-2H3. The monoisotopic (exact) mass is 289 g/mol. The summed E-state index contributed by atoms with van der Waals surface area (Å²) in [5.74, 6) is 2.72. The summed E-state index contributed by atoms with van der Waals surface area (Å²) in [5.41, 5.74) is 1.14. The van der Waals surface area contributed by atoms with Gasteiger partial charge in [0.2, 0.25) is 0 Å². The zero-order chi connectivity index (χ0) is 14.0. The van der Waals surface area contributed by atoms with Gasteiger partial charge in [-0.15, -0.1) is 0 Å². The average molecular weight is 289 g/mol. The van der Waals surface area contributed by atoms with Crippen molar-refractivity contribution in [1.29, 1.82) is 0 Å². The van der Waals surface area contributed by atoms with Crippen molar-refractivity contribution in [3.63, 3.8) is 0 Å². The lowest BCUT2D eigenvalue weighted by atomic mass is 9.89. The van der Waals surface area contributed by atoms with Crippen LogP contribution in [0.3, 0.4) is 0 Å². The number of hydrogen-bond acceptors (Lipinski definition) is 2. The number of rotatable bonds is 3. The third kappa shape index (κ3) is 3.26. The van der Waals surface area contributed by atoms with Gasteiger partial charge in [0, 0.05) is 6.04 Å². The van der Waals surface area contributed by atoms with E-state index in [1.807, 2.05) is 18.8 Å². The van der Waals surface area contributed by atoms with Crippen molar-refractivity contribution in [3.8, 4) is 0 Å². The highest BCUT2D eigenvalue weighted by Crippen LogP contribution is 2.37. The van der Waals surface area contributed by atoms with E-state index in [2.05, 4.69) is 5.32 Å². The Hall–Kier alpha value is -0.680. The van der Waals surface area contributed by atoms with Crippen molar-refractivity contribution in [2.45, 2.75) is 25.6 Å². The zero-order valence-corrected chi connectivity index (χ0v) is 11.9. The number of hydrogen-bond donors (Lipinski definition) is 1. The maximum Gasteiger partial charge on any atom is 0.416 e. The molecule has 19 heavy (non-hydrogen) atoms. The quantitative estimate of drug-likeness (QED) is 0.901. The van der Waals surface area contributed by atoms with Crippen LogP contribution < -0.4 is 5.32 Å². The summed E-state index contributed by atoms with van der Waals surface area (Å²) in [6.07, 6.45) is -3.14. The molecule has 0 spiro atoms. The van der Waals surface area contributed by atoms with Crippen LogP contribution in [0.25, 0.3) is 0 Å². The van der Waals surface area contributed by atoms with Crippen LogP contribution in [-0.2, 0) is 6.18 Å². The number of thioether (sulfide) groups is 1. The van der Waals surface area contributed by atoms with Crippen LogP contribution in [0.5, 0.6) is 0 Å². The van der Waals surface area contributed by atoms with Crippen LogP contribution in [0.4, 0.5) is 13.2 Å². The Morgan fingerprint density at radius 2 is 2.11 bits per heavy atom. The highest BCUT2D eigenvalue weighted by molar-refractivity contribution is 7.99. The SMILES string of the molecule is CNC(c1ccc(C(F)(F)F)cc1C)C1CCSC1. The molecule has 0 radical (unpaired) electrons. The van der Waals surface area contributed by atoms with Crippen molar-refractivity contribution in [3.05, 3.63) is 34.9 Å². The third-order valence-corrected chi connectivity index (χ3v) is 4.87. The maximum absolute atomic E-state index is 12.7. The summed E-state index contributed by atoms with van der Waals surface area (Å²) in [6, 6.07) is 4.22. The molecule has 1 saturated heterocycles. The second kappa shape index (κ2) is 5.75. The van der Waals surface area contributed by atoms with Crippen molar-refractivity contribution in [1.82, 2.24) is 5.32 Å². The second-order valence-corrected chi connectivity index (χ2v) is 6.11. The first-order chi connectivity index (χ1) is 8.93. The molecule has 106 valence electrons. The lowest BCUT2D eigenvalue weighted by molar-refractivity contribution is -0.137. The Labute approximate surface area is 116 Å². The molecule has 1 aliphatic heterocycles. The molecule has 2 atom stereocenters. The summed E-state index contributed by atoms with van der Waals surface area (Å²) in [7, 11) is 1.88. The molecule has 2 unspecified atom stereocenters. The van der Waals surface area contributed by atoms with E-state index in [1.165, 1.54) is 12.1 Å². The minimum absolute atomic E-state index is 0.150. The van der Waals surface area contributed by atoms with E-state index < -0.39 is 11.7 Å². The molecule has 5 heteroatoms. The van der Waals surface area contributed by atoms with E-state index in [-0.39, 0.29) is 6.04 Å². The summed E-state index contributed by atoms with van der Waals surface area (Å²) in [6.45, 7) is 1.76. The highest BCUT2D eigenvalue weighted by atomic mass is 32.2. The predicted octanol–water partition coefficient (Wildman–Crippen LogP) is 4.03. The second-order valence-electron chi connectivity index (χ2n) is 4.96. The minimum Gasteiger partial charge on any atom is -0.313 e. The lowest BCUT2D eigenvalue weighted by Gasteiger charge is -2.25. The Bertz CT molecular complexity index is 439. The first-order valence-corrected chi connectivity index (χ1v) is 7.51. The molecule has 1 aromatic rings. The smallest absolute Gasteiger partial charge is 0.313 e. The van der Waals surface area contributed by atoms with Crippen LogP contribution in [0.15, 0.2) is 18.2 Å². The van der Waals surface area contributed by atoms with Crippen LogP contribution in [0.2, 0.25) is 0 Å². The van der Waals surface area contributed by atoms with Crippen LogP contribution >= 0.6 is 11.8 Å². The minimum atomic E-state index is -4.26. The van der Waals surface area contributed by atoms with Crippen LogP contribution in [0.1, 0.15) is 29.2 Å². The molecule has 0 bridgehead atoms. The third-order valence-electron chi connectivity index (χ3n) is 3.68. The van der Waals surface area contributed by atoms with Gasteiger partial charge >= 0.3 is 6.18 Å². The predicted molar refractivity (Wildman–Crippen MR) is 73.4 cm³/mol. The molecule has 0 aliphatic carbocycles. The van der Waals surface area contributed by atoms with Gasteiger partial charge in [-0.2, -0.15) is 24.9 Å². The molecule has 1 heterocycles. The fraction of sp³-hybridized carbons (Fsp3) is 0.571. The Kier molecular flexibility index (Phi) is 4.46. The molecule has 0 aromatic heterocycles. The number of alkyl halides is 3. The highest BCUT2D eigenvalue weighted by Gasteiger charge is 2.32. The number of benzene rings is 1. The fourth-order valence-corrected chi connectivity index (χ4v) is 3.96. The van der Waals surface area contributed by atoms with Crippen molar-refractivity contribution < 1.29 is 13.2 Å². The van der Waals surface area contributed by atoms with Crippen molar-refractivity contribution in [2.24, 2.45) is 5.92 Å². The molecule has 0 saturated carbocycles. The van der Waals surface area contributed by atoms with Gasteiger partial charge < -0.3 is 5.32 Å². The van der Waals surface area contributed by atoms with Gasteiger partial charge in [-0.1, -0.05) is 6.07 Å². The normalized spacial score (nSPS) is 21.6. The lowest BCUT2D eigenvalue weighted by Crippen LogP contribution is -2.26. The van der Waals surface area contributed by atoms with Crippen molar-refractivity contribution in [2.75, 3.05) is 18.6 Å². The maximum atomic E-state index is 12.7. The summed E-state index contributed by atoms with van der Waals surface area (Å²) in [5, 5.41) is 3.26. The summed E-state index contributed by atoms with van der Waals surface area (Å²) >= 11 is 1.91. The molecule has 1 aromatic carbocycles. The summed E-state index contributed by atoms with van der Waals surface area (Å²) < 4.78 is 38.0. The van der Waals surface area contributed by atoms with Gasteiger partial charge in [0.25, 0.3) is 0 Å². The van der Waals surface area contributed by atoms with Gasteiger partial charge in [0.1, 0.15) is 0 Å². The number of nitrogens with one attached hydrogen (secondary N) is 1. The van der Waals surface area contributed by atoms with Gasteiger partial charge in [-0.25, -0.2) is 0 Å². The molecule has 1 aliphatic rings. The Morgan fingerprint density at radius 3 is 2.58 bits per heavy atom. The molecule has 1 fully saturated rings. The van der Waals surface area contributed by atoms with Gasteiger partial charge in [0.15, 0.2) is 0 Å². The first kappa shape index (κ1) is 14.7. The number of aryl methyl sites for hydroxylation is 1. The molecular formula is C14H18F3NS. The van der Waals surface area contributed by atoms with Gasteiger partial charge in [0.05, 0.1) is 5.56 Å². The van der Waals surface area contributed by atoms with Crippen LogP contribution in [0, 0.1) is 12.8 Å². The van der Waals surface area contributed by atoms with E-state index >= 15 is 0 Å². The summed E-state index contributed by atoms with van der Waals surface area (Å²) in [4.78, 5) is 0. The van der Waals surface area contributed by atoms with Gasteiger partial charge in [-0.3, -0.25) is 0 Å². The molecule has 2 rings (SSSR count).